The van der Waals surface area contributed by atoms with Gasteiger partial charge in [0.1, 0.15) is 0 Å². The molecule has 0 aromatic rings. The molecular formula is C16H33N. The zero-order valence-electron chi connectivity index (χ0n) is 12.9. The van der Waals surface area contributed by atoms with Crippen molar-refractivity contribution in [2.45, 2.75) is 97.6 Å². The fraction of sp³-hybridized carbons (Fsp3) is 1.00. The van der Waals surface area contributed by atoms with Crippen LogP contribution in [0.4, 0.5) is 0 Å². The van der Waals surface area contributed by atoms with Gasteiger partial charge in [-0.3, -0.25) is 0 Å². The third-order valence-electron chi connectivity index (χ3n) is 4.06. The molecule has 1 saturated carbocycles. The van der Waals surface area contributed by atoms with E-state index < -0.39 is 0 Å². The maximum Gasteiger partial charge on any atom is 0.0183 e. The first-order chi connectivity index (χ1) is 7.68. The minimum Gasteiger partial charge on any atom is -0.306 e. The lowest BCUT2D eigenvalue weighted by molar-refractivity contribution is 0.133. The van der Waals surface area contributed by atoms with Gasteiger partial charge < -0.3 is 5.32 Å². The van der Waals surface area contributed by atoms with Crippen molar-refractivity contribution < 1.29 is 0 Å². The molecule has 0 bridgehead atoms. The summed E-state index contributed by atoms with van der Waals surface area (Å²) in [5.74, 6) is 0. The third-order valence-corrected chi connectivity index (χ3v) is 4.06. The van der Waals surface area contributed by atoms with E-state index in [-0.39, 0.29) is 5.54 Å². The second kappa shape index (κ2) is 5.30. The smallest absolute Gasteiger partial charge is 0.0183 e. The van der Waals surface area contributed by atoms with Crippen molar-refractivity contribution in [1.29, 1.82) is 0 Å². The van der Waals surface area contributed by atoms with Crippen LogP contribution in [0.2, 0.25) is 0 Å². The summed E-state index contributed by atoms with van der Waals surface area (Å²) in [7, 11) is 0. The van der Waals surface area contributed by atoms with Gasteiger partial charge in [-0.2, -0.15) is 0 Å². The summed E-state index contributed by atoms with van der Waals surface area (Å²) in [6.45, 7) is 14.1. The quantitative estimate of drug-likeness (QED) is 0.735. The molecule has 0 saturated heterocycles. The van der Waals surface area contributed by atoms with Gasteiger partial charge >= 0.3 is 0 Å². The molecule has 1 aliphatic carbocycles. The number of hydrogen-bond donors (Lipinski definition) is 1. The predicted molar refractivity (Wildman–Crippen MR) is 77.4 cm³/mol. The molecule has 0 unspecified atom stereocenters. The first kappa shape index (κ1) is 15.0. The van der Waals surface area contributed by atoms with E-state index in [0.29, 0.717) is 11.0 Å². The highest BCUT2D eigenvalue weighted by molar-refractivity contribution is 4.96. The van der Waals surface area contributed by atoms with Crippen LogP contribution in [0.3, 0.4) is 0 Å². The fourth-order valence-corrected chi connectivity index (χ4v) is 3.88. The van der Waals surface area contributed by atoms with Gasteiger partial charge in [0, 0.05) is 11.1 Å². The topological polar surface area (TPSA) is 12.0 Å². The maximum atomic E-state index is 4.01. The number of hydrogen-bond acceptors (Lipinski definition) is 1. The van der Waals surface area contributed by atoms with Crippen molar-refractivity contribution in [3.63, 3.8) is 0 Å². The highest BCUT2D eigenvalue weighted by Crippen LogP contribution is 2.35. The standard InChI is InChI=1S/C16H33N/c1-7-16(11-9-8-10-12-16)17-15(5,6)13-14(2,3)4/h17H,7-13H2,1-6H3. The molecule has 0 amide bonds. The lowest BCUT2D eigenvalue weighted by atomic mass is 9.75. The molecule has 1 fully saturated rings. The first-order valence-corrected chi connectivity index (χ1v) is 7.47. The number of rotatable bonds is 4. The molecule has 0 spiro atoms. The predicted octanol–water partition coefficient (Wildman–Crippen LogP) is 4.90. The minimum absolute atomic E-state index is 0.256. The van der Waals surface area contributed by atoms with E-state index >= 15 is 0 Å². The molecule has 102 valence electrons. The van der Waals surface area contributed by atoms with Crippen molar-refractivity contribution >= 4 is 0 Å². The Morgan fingerprint density at radius 3 is 1.88 bits per heavy atom. The van der Waals surface area contributed by atoms with Crippen LogP contribution in [0.5, 0.6) is 0 Å². The Bertz CT molecular complexity index is 228. The molecule has 1 heteroatoms. The van der Waals surface area contributed by atoms with Gasteiger partial charge in [-0.15, -0.1) is 0 Å². The molecule has 0 atom stereocenters. The summed E-state index contributed by atoms with van der Waals surface area (Å²) in [5, 5.41) is 4.01. The monoisotopic (exact) mass is 239 g/mol. The molecule has 0 radical (unpaired) electrons. The lowest BCUT2D eigenvalue weighted by Crippen LogP contribution is -2.57. The van der Waals surface area contributed by atoms with Crippen molar-refractivity contribution in [2.24, 2.45) is 5.41 Å². The van der Waals surface area contributed by atoms with Crippen LogP contribution in [0.25, 0.3) is 0 Å². The summed E-state index contributed by atoms with van der Waals surface area (Å²) < 4.78 is 0. The number of nitrogens with one attached hydrogen (secondary N) is 1. The zero-order chi connectivity index (χ0) is 13.2. The maximum absolute atomic E-state index is 4.01. The van der Waals surface area contributed by atoms with Crippen LogP contribution < -0.4 is 5.32 Å². The van der Waals surface area contributed by atoms with E-state index in [1.165, 1.54) is 44.9 Å². The van der Waals surface area contributed by atoms with Crippen LogP contribution >= 0.6 is 0 Å². The van der Waals surface area contributed by atoms with Crippen molar-refractivity contribution in [2.75, 3.05) is 0 Å². The summed E-state index contributed by atoms with van der Waals surface area (Å²) in [6.07, 6.45) is 9.51. The van der Waals surface area contributed by atoms with Crippen molar-refractivity contribution in [3.05, 3.63) is 0 Å². The van der Waals surface area contributed by atoms with Gasteiger partial charge in [0.05, 0.1) is 0 Å². The highest BCUT2D eigenvalue weighted by atomic mass is 15.0. The molecule has 1 aliphatic rings. The average Bonchev–Trinajstić information content (AvgIpc) is 2.14. The Balaban J connectivity index is 2.66. The van der Waals surface area contributed by atoms with Crippen LogP contribution in [0, 0.1) is 5.41 Å². The van der Waals surface area contributed by atoms with E-state index in [1.807, 2.05) is 0 Å². The second-order valence-electron chi connectivity index (χ2n) is 7.94. The Hall–Kier alpha value is -0.0400. The molecule has 1 N–H and O–H groups in total. The molecule has 0 aromatic heterocycles. The van der Waals surface area contributed by atoms with Gasteiger partial charge in [-0.25, -0.2) is 0 Å². The fourth-order valence-electron chi connectivity index (χ4n) is 3.88. The summed E-state index contributed by atoms with van der Waals surface area (Å²) in [6, 6.07) is 0. The molecule has 17 heavy (non-hydrogen) atoms. The van der Waals surface area contributed by atoms with E-state index in [9.17, 15) is 0 Å². The van der Waals surface area contributed by atoms with Gasteiger partial charge in [-0.1, -0.05) is 47.0 Å². The van der Waals surface area contributed by atoms with Crippen LogP contribution in [-0.2, 0) is 0 Å². The molecule has 0 aromatic carbocycles. The minimum atomic E-state index is 0.256. The average molecular weight is 239 g/mol. The molecule has 1 nitrogen and oxygen atoms in total. The Morgan fingerprint density at radius 2 is 1.47 bits per heavy atom. The Kier molecular flexibility index (Phi) is 4.68. The van der Waals surface area contributed by atoms with Crippen LogP contribution in [0.15, 0.2) is 0 Å². The summed E-state index contributed by atoms with van der Waals surface area (Å²) in [4.78, 5) is 0. The van der Waals surface area contributed by atoms with E-state index in [4.69, 9.17) is 0 Å². The molecule has 0 heterocycles. The second-order valence-corrected chi connectivity index (χ2v) is 7.94. The first-order valence-electron chi connectivity index (χ1n) is 7.47. The van der Waals surface area contributed by atoms with Crippen LogP contribution in [-0.4, -0.2) is 11.1 Å². The normalized spacial score (nSPS) is 21.5. The van der Waals surface area contributed by atoms with Gasteiger partial charge in [-0.05, 0) is 44.9 Å². The van der Waals surface area contributed by atoms with Crippen molar-refractivity contribution in [3.8, 4) is 0 Å². The SMILES string of the molecule is CCC1(NC(C)(C)CC(C)(C)C)CCCCC1. The third kappa shape index (κ3) is 4.99. The lowest BCUT2D eigenvalue weighted by Gasteiger charge is -2.46. The summed E-state index contributed by atoms with van der Waals surface area (Å²) >= 11 is 0. The van der Waals surface area contributed by atoms with E-state index in [1.54, 1.807) is 0 Å². The summed E-state index contributed by atoms with van der Waals surface area (Å²) in [5.41, 5.74) is 1.08. The Labute approximate surface area is 109 Å². The van der Waals surface area contributed by atoms with Gasteiger partial charge in [0.25, 0.3) is 0 Å². The largest absolute Gasteiger partial charge is 0.306 e. The van der Waals surface area contributed by atoms with Gasteiger partial charge in [0.15, 0.2) is 0 Å². The molecular weight excluding hydrogens is 206 g/mol. The van der Waals surface area contributed by atoms with E-state index in [0.717, 1.165) is 0 Å². The molecule has 0 aliphatic heterocycles. The van der Waals surface area contributed by atoms with Crippen molar-refractivity contribution in [1.82, 2.24) is 5.32 Å². The van der Waals surface area contributed by atoms with Gasteiger partial charge in [0.2, 0.25) is 0 Å². The Morgan fingerprint density at radius 1 is 0.941 bits per heavy atom. The zero-order valence-corrected chi connectivity index (χ0v) is 12.9. The van der Waals surface area contributed by atoms with E-state index in [2.05, 4.69) is 46.9 Å². The highest BCUT2D eigenvalue weighted by Gasteiger charge is 2.36. The van der Waals surface area contributed by atoms with Crippen LogP contribution in [0.1, 0.15) is 86.5 Å². The molecule has 1 rings (SSSR count).